The fourth-order valence-electron chi connectivity index (χ4n) is 12.4. The first-order chi connectivity index (χ1) is 61.8. The fraction of sp³-hybridized carbons (Fsp3) is 0.198. The third-order valence-corrected chi connectivity index (χ3v) is 20.0. The molecular formula is C91H80F7N20O10SY5-5. The van der Waals surface area contributed by atoms with Crippen LogP contribution in [0.5, 0.6) is 28.7 Å². The smallest absolute Gasteiger partial charge is 0.368 e. The molecule has 5 aromatic heterocycles. The van der Waals surface area contributed by atoms with Crippen LogP contribution in [0, 0.1) is 106 Å². The first kappa shape index (κ1) is 112. The number of alkyl halides is 2. The van der Waals surface area contributed by atoms with E-state index in [1.165, 1.54) is 116 Å². The summed E-state index contributed by atoms with van der Waals surface area (Å²) in [5, 5.41) is 37.8. The Morgan fingerprint density at radius 2 is 0.679 bits per heavy atom. The molecule has 0 fully saturated rings. The summed E-state index contributed by atoms with van der Waals surface area (Å²) in [5.41, 5.74) is 10.9. The van der Waals surface area contributed by atoms with Crippen LogP contribution in [-0.2, 0) is 232 Å². The zero-order valence-electron chi connectivity index (χ0n) is 74.2. The molecule has 5 radical (unpaired) electrons. The van der Waals surface area contributed by atoms with Gasteiger partial charge in [-0.05, 0) is 125 Å². The second-order valence-corrected chi connectivity index (χ2v) is 29.2. The van der Waals surface area contributed by atoms with E-state index < -0.39 is 46.2 Å². The molecule has 0 aliphatic rings. The summed E-state index contributed by atoms with van der Waals surface area (Å²) in [4.78, 5) is 61.2. The SMILES string of the molecule is C#Cc1cccc(-n2nnn(C)c2=O)c1COc1cc(F)[c-]cc1C.C/C=C/c1cccc(-n2nnn(C)c2=O)c1COc1cc(F)[c-]cc1C.C=C(C)c1cccc(-n2nnn(C)c2=O)c1COc1cc(F)[c-]cc1C.C=Cc1cccc(-n2nnn(C)c2=O)c1COc1cc(F)[c-]cc1C.Cc1c[c-]c(F)cc1OCc1c(SC(F)F)cccc1-n1nnn(C)c1=O.[Y].[Y].[Y].[Y].[Y]. The summed E-state index contributed by atoms with van der Waals surface area (Å²) in [6.45, 7) is 20.7. The van der Waals surface area contributed by atoms with Gasteiger partial charge in [-0.15, -0.1) is 64.6 Å². The summed E-state index contributed by atoms with van der Waals surface area (Å²) in [6, 6.07) is 52.2. The van der Waals surface area contributed by atoms with Crippen molar-refractivity contribution < 1.29 is 218 Å². The Kier molecular flexibility index (Phi) is 44.2. The molecule has 0 saturated carbocycles. The number of terminal acetylenes is 1. The van der Waals surface area contributed by atoms with Crippen molar-refractivity contribution in [1.29, 1.82) is 0 Å². The van der Waals surface area contributed by atoms with Crippen LogP contribution < -0.4 is 52.1 Å². The molecule has 15 aromatic rings. The van der Waals surface area contributed by atoms with E-state index in [2.05, 4.69) is 102 Å². The zero-order valence-corrected chi connectivity index (χ0v) is 89.2. The zero-order chi connectivity index (χ0) is 93.0. The van der Waals surface area contributed by atoms with Crippen molar-refractivity contribution >= 4 is 29.5 Å². The molecular weight excluding hydrogens is 2140 g/mol. The molecule has 0 unspecified atom stereocenters. The Morgan fingerprint density at radius 3 is 0.978 bits per heavy atom. The van der Waals surface area contributed by atoms with Crippen molar-refractivity contribution in [2.75, 3.05) is 0 Å². The molecule has 30 nitrogen and oxygen atoms in total. The van der Waals surface area contributed by atoms with Gasteiger partial charge >= 0.3 is 28.4 Å². The largest absolute Gasteiger partial charge is 0.514 e. The van der Waals surface area contributed by atoms with Crippen molar-refractivity contribution in [3.8, 4) is 69.5 Å². The van der Waals surface area contributed by atoms with Gasteiger partial charge in [-0.1, -0.05) is 168 Å². The van der Waals surface area contributed by atoms with E-state index in [9.17, 15) is 54.7 Å². The van der Waals surface area contributed by atoms with Crippen molar-refractivity contribution in [2.45, 2.75) is 92.2 Å². The van der Waals surface area contributed by atoms with Crippen molar-refractivity contribution in [2.24, 2.45) is 35.2 Å². The summed E-state index contributed by atoms with van der Waals surface area (Å²) in [5.74, 6) is -0.827. The Morgan fingerprint density at radius 1 is 0.410 bits per heavy atom. The molecule has 5 heterocycles. The number of hydrogen-bond acceptors (Lipinski definition) is 21. The summed E-state index contributed by atoms with van der Waals surface area (Å²) < 4.78 is 133. The van der Waals surface area contributed by atoms with Crippen LogP contribution in [0.3, 0.4) is 0 Å². The predicted octanol–water partition coefficient (Wildman–Crippen LogP) is 13.0. The number of nitrogens with zero attached hydrogens (tertiary/aromatic N) is 20. The molecule has 0 spiro atoms. The van der Waals surface area contributed by atoms with Crippen LogP contribution >= 0.6 is 11.8 Å². The first-order valence-corrected chi connectivity index (χ1v) is 39.6. The number of rotatable bonds is 25. The number of benzene rings is 10. The molecule has 0 amide bonds. The number of tetrazole rings is 5. The minimum absolute atomic E-state index is 0. The van der Waals surface area contributed by atoms with E-state index in [0.29, 0.717) is 85.3 Å². The van der Waals surface area contributed by atoms with E-state index in [0.717, 1.165) is 94.5 Å². The Balaban J connectivity index is 0.000000255. The fourth-order valence-corrected chi connectivity index (χ4v) is 13.0. The van der Waals surface area contributed by atoms with Crippen LogP contribution in [0.25, 0.3) is 46.2 Å². The summed E-state index contributed by atoms with van der Waals surface area (Å²) in [7, 11) is 7.50. The Bertz CT molecular complexity index is 7050. The molecule has 0 bridgehead atoms. The van der Waals surface area contributed by atoms with Gasteiger partial charge in [0.25, 0.3) is 5.76 Å². The predicted molar refractivity (Wildman–Crippen MR) is 464 cm³/mol. The van der Waals surface area contributed by atoms with Crippen molar-refractivity contribution in [3.63, 3.8) is 0 Å². The van der Waals surface area contributed by atoms with Gasteiger partial charge in [0.05, 0.1) is 28.4 Å². The van der Waals surface area contributed by atoms with E-state index in [-0.39, 0.29) is 230 Å². The summed E-state index contributed by atoms with van der Waals surface area (Å²) >= 11 is 0.325. The molecule has 10 aromatic carbocycles. The third-order valence-electron chi connectivity index (χ3n) is 19.2. The normalized spacial score (nSPS) is 10.5. The standard InChI is InChI=1S/2C19H18FN4O2.C18H16FN4O2.C18H14FN4O2.C17H14F3N4O2S.5Y/c1-12(2)15-6-5-7-17(24-19(25)23(4)21-22-24)16(15)11-26-18-10-14(20)9-8-13(18)3;1-4-6-14-7-5-8-17(24-19(25)23(3)21-22-24)16(14)12-26-18-11-15(20)10-9-13(18)2;2*1-4-13-6-5-7-16(23-18(24)22(3)20-21-23)15(13)11-25-17-10-14(19)9-8-12(17)2;1-10-6-7-11(18)8-14(10)26-9-12-13(24-17(25)23(2)21-22-24)4-3-5-15(12)27-16(19)20;;;;;/h5-8,10H,1,11H2,2-4H3;4-9,11H,12H2,1-3H3;4-8,10H,1,11H2,2-3H3;1,5-8,10H,11H2,2-3H3;3-6,8,16H,9H2,1-2H3;;;;;/q5*-1;;;;;/b;6-4+;;;;;;;;. The molecule has 0 atom stereocenters. The molecule has 0 aliphatic carbocycles. The average molecular weight is 2220 g/mol. The molecule has 15 rings (SSSR count). The van der Waals surface area contributed by atoms with Crippen LogP contribution in [0.1, 0.15) is 91.7 Å². The summed E-state index contributed by atoms with van der Waals surface area (Å²) in [6.07, 6.45) is 11.0. The van der Waals surface area contributed by atoms with Gasteiger partial charge in [-0.25, -0.2) is 45.9 Å². The van der Waals surface area contributed by atoms with Crippen LogP contribution in [0.2, 0.25) is 0 Å². The molecule has 0 N–H and O–H groups in total. The van der Waals surface area contributed by atoms with E-state index in [1.807, 2.05) is 70.2 Å². The maximum atomic E-state index is 13.5. The van der Waals surface area contributed by atoms with E-state index in [4.69, 9.17) is 30.1 Å². The maximum Gasteiger partial charge on any atom is 0.368 e. The Labute approximate surface area is 893 Å². The maximum absolute atomic E-state index is 13.5. The van der Waals surface area contributed by atoms with Gasteiger partial charge in [0, 0.05) is 295 Å². The van der Waals surface area contributed by atoms with E-state index in [1.54, 1.807) is 75.4 Å². The molecule has 679 valence electrons. The number of thioether (sulfide) groups is 1. The number of allylic oxidation sites excluding steroid dienone is 2. The second kappa shape index (κ2) is 52.7. The average Bonchev–Trinajstić information content (AvgIpc) is 1.48. The number of ether oxygens (including phenoxy) is 5. The van der Waals surface area contributed by atoms with Crippen molar-refractivity contribution in [3.05, 3.63) is 361 Å². The number of halogens is 7. The first-order valence-electron chi connectivity index (χ1n) is 38.7. The number of aryl methyl sites for hydroxylation is 10. The second-order valence-electron chi connectivity index (χ2n) is 28.1. The van der Waals surface area contributed by atoms with Gasteiger partial charge in [-0.2, -0.15) is 85.9 Å². The number of aromatic nitrogens is 20. The van der Waals surface area contributed by atoms with Gasteiger partial charge in [0.1, 0.15) is 33.0 Å². The molecule has 43 heteroatoms. The van der Waals surface area contributed by atoms with Crippen LogP contribution in [0.4, 0.5) is 30.7 Å². The Hall–Kier alpha value is -10.3. The van der Waals surface area contributed by atoms with Crippen LogP contribution in [-0.4, -0.2) is 105 Å². The third kappa shape index (κ3) is 28.4. The van der Waals surface area contributed by atoms with Crippen molar-refractivity contribution in [1.82, 2.24) is 99.0 Å². The quantitative estimate of drug-likeness (QED) is 0.0222. The minimum Gasteiger partial charge on any atom is -0.514 e. The van der Waals surface area contributed by atoms with Crippen LogP contribution in [0.15, 0.2) is 200 Å². The van der Waals surface area contributed by atoms with Gasteiger partial charge in [0.15, 0.2) is 0 Å². The minimum atomic E-state index is -2.66. The molecule has 0 aliphatic heterocycles. The molecule has 134 heavy (non-hydrogen) atoms. The van der Waals surface area contributed by atoms with Gasteiger partial charge < -0.3 is 23.7 Å². The topological polar surface area (TPSA) is 310 Å². The van der Waals surface area contributed by atoms with E-state index >= 15 is 0 Å². The molecule has 0 saturated heterocycles. The van der Waals surface area contributed by atoms with Gasteiger partial charge in [-0.3, -0.25) is 0 Å². The van der Waals surface area contributed by atoms with Gasteiger partial charge in [0.2, 0.25) is 0 Å². The number of hydrogen-bond donors (Lipinski definition) is 0. The monoisotopic (exact) mass is 2220 g/mol.